The zero-order valence-corrected chi connectivity index (χ0v) is 20.2. The number of hydrogen-bond acceptors (Lipinski definition) is 6. The predicted molar refractivity (Wildman–Crippen MR) is 133 cm³/mol. The van der Waals surface area contributed by atoms with Crippen molar-refractivity contribution in [3.05, 3.63) is 85.4 Å². The van der Waals surface area contributed by atoms with Gasteiger partial charge in [0, 0.05) is 12.1 Å². The first-order valence-electron chi connectivity index (χ1n) is 10.6. The van der Waals surface area contributed by atoms with Crippen LogP contribution < -0.4 is 26.0 Å². The molecule has 0 bridgehead atoms. The van der Waals surface area contributed by atoms with Crippen LogP contribution in [0.5, 0.6) is 11.5 Å². The summed E-state index contributed by atoms with van der Waals surface area (Å²) in [6, 6.07) is 12.6. The van der Waals surface area contributed by atoms with Crippen molar-refractivity contribution in [2.75, 3.05) is 14.2 Å². The lowest BCUT2D eigenvalue weighted by Gasteiger charge is -2.15. The number of aryl methyl sites for hydroxylation is 2. The predicted octanol–water partition coefficient (Wildman–Crippen LogP) is 3.16. The first-order valence-corrected chi connectivity index (χ1v) is 11.5. The Labute approximate surface area is 200 Å². The molecule has 34 heavy (non-hydrogen) atoms. The van der Waals surface area contributed by atoms with Crippen molar-refractivity contribution < 1.29 is 14.3 Å². The minimum absolute atomic E-state index is 0.192. The first kappa shape index (κ1) is 23.3. The van der Waals surface area contributed by atoms with E-state index in [0.29, 0.717) is 27.4 Å². The standard InChI is InChI=1S/C25H25N3O5S/c1-15-8-9-18(16(2)12-15)28-24(30)23-19(10-11-34-23)27(25(28)31)14-21(29)26-13-17-6-5-7-20(32-3)22(17)33-4/h5-12H,13-14H2,1-4H3,(H,26,29). The maximum Gasteiger partial charge on any atom is 0.336 e. The molecule has 0 saturated carbocycles. The van der Waals surface area contributed by atoms with Gasteiger partial charge in [-0.25, -0.2) is 9.36 Å². The van der Waals surface area contributed by atoms with Gasteiger partial charge in [0.2, 0.25) is 5.91 Å². The van der Waals surface area contributed by atoms with Gasteiger partial charge in [0.25, 0.3) is 5.56 Å². The average Bonchev–Trinajstić information content (AvgIpc) is 3.31. The van der Waals surface area contributed by atoms with Crippen LogP contribution in [0.2, 0.25) is 0 Å². The summed E-state index contributed by atoms with van der Waals surface area (Å²) >= 11 is 1.25. The molecule has 2 heterocycles. The Morgan fingerprint density at radius 1 is 1.06 bits per heavy atom. The fraction of sp³-hybridized carbons (Fsp3) is 0.240. The lowest BCUT2D eigenvalue weighted by atomic mass is 10.1. The Balaban J connectivity index is 1.69. The third-order valence-electron chi connectivity index (χ3n) is 5.61. The molecular formula is C25H25N3O5S. The van der Waals surface area contributed by atoms with Gasteiger partial charge in [0.05, 0.1) is 25.4 Å². The van der Waals surface area contributed by atoms with Gasteiger partial charge >= 0.3 is 5.69 Å². The highest BCUT2D eigenvalue weighted by Crippen LogP contribution is 2.30. The lowest BCUT2D eigenvalue weighted by molar-refractivity contribution is -0.121. The number of nitrogens with zero attached hydrogens (tertiary/aromatic N) is 2. The lowest BCUT2D eigenvalue weighted by Crippen LogP contribution is -2.41. The van der Waals surface area contributed by atoms with Crippen molar-refractivity contribution in [3.8, 4) is 17.2 Å². The molecule has 0 radical (unpaired) electrons. The maximum absolute atomic E-state index is 13.4. The van der Waals surface area contributed by atoms with E-state index >= 15 is 0 Å². The van der Waals surface area contributed by atoms with E-state index in [1.807, 2.05) is 38.1 Å². The minimum Gasteiger partial charge on any atom is -0.493 e. The zero-order valence-electron chi connectivity index (χ0n) is 19.4. The van der Waals surface area contributed by atoms with Gasteiger partial charge in [-0.3, -0.25) is 14.2 Å². The van der Waals surface area contributed by atoms with E-state index < -0.39 is 5.69 Å². The molecule has 0 saturated heterocycles. The summed E-state index contributed by atoms with van der Waals surface area (Å²) in [4.78, 5) is 39.5. The van der Waals surface area contributed by atoms with Gasteiger partial charge in [-0.15, -0.1) is 11.3 Å². The van der Waals surface area contributed by atoms with Crippen molar-refractivity contribution in [3.63, 3.8) is 0 Å². The Morgan fingerprint density at radius 2 is 1.85 bits per heavy atom. The number of nitrogens with one attached hydrogen (secondary N) is 1. The minimum atomic E-state index is -0.558. The third-order valence-corrected chi connectivity index (χ3v) is 6.50. The van der Waals surface area contributed by atoms with Crippen LogP contribution in [-0.2, 0) is 17.9 Å². The molecule has 8 nitrogen and oxygen atoms in total. The largest absolute Gasteiger partial charge is 0.493 e. The van der Waals surface area contributed by atoms with Crippen LogP contribution in [0.15, 0.2) is 57.4 Å². The number of methoxy groups -OCH3 is 2. The molecule has 0 unspecified atom stereocenters. The fourth-order valence-corrected chi connectivity index (χ4v) is 4.82. The number of para-hydroxylation sites is 1. The Morgan fingerprint density at radius 3 is 2.56 bits per heavy atom. The molecule has 176 valence electrons. The molecule has 0 fully saturated rings. The number of carbonyl (C=O) groups is 1. The second kappa shape index (κ2) is 9.56. The summed E-state index contributed by atoms with van der Waals surface area (Å²) in [6.07, 6.45) is 0. The Hall–Kier alpha value is -3.85. The number of hydrogen-bond donors (Lipinski definition) is 1. The third kappa shape index (κ3) is 4.22. The molecule has 0 atom stereocenters. The summed E-state index contributed by atoms with van der Waals surface area (Å²) in [7, 11) is 3.08. The number of carbonyl (C=O) groups excluding carboxylic acids is 1. The molecule has 0 aliphatic rings. The number of ether oxygens (including phenoxy) is 2. The highest BCUT2D eigenvalue weighted by molar-refractivity contribution is 7.17. The SMILES string of the molecule is COc1cccc(CNC(=O)Cn2c(=O)n(-c3ccc(C)cc3C)c(=O)c3sccc32)c1OC. The van der Waals surface area contributed by atoms with Crippen LogP contribution in [0, 0.1) is 13.8 Å². The first-order chi connectivity index (χ1) is 16.3. The van der Waals surface area contributed by atoms with Gasteiger partial charge in [-0.05, 0) is 43.0 Å². The number of amides is 1. The van der Waals surface area contributed by atoms with Gasteiger partial charge in [-0.1, -0.05) is 29.8 Å². The smallest absolute Gasteiger partial charge is 0.336 e. The molecule has 2 aromatic heterocycles. The Bertz CT molecular complexity index is 1500. The van der Waals surface area contributed by atoms with E-state index in [1.54, 1.807) is 30.7 Å². The molecule has 0 aliphatic heterocycles. The van der Waals surface area contributed by atoms with Crippen molar-refractivity contribution in [1.82, 2.24) is 14.5 Å². The van der Waals surface area contributed by atoms with E-state index in [-0.39, 0.29) is 24.6 Å². The number of aromatic nitrogens is 2. The van der Waals surface area contributed by atoms with Crippen molar-refractivity contribution in [2.24, 2.45) is 0 Å². The molecule has 1 amide bonds. The van der Waals surface area contributed by atoms with Gasteiger partial charge in [0.1, 0.15) is 11.2 Å². The fourth-order valence-electron chi connectivity index (χ4n) is 4.00. The van der Waals surface area contributed by atoms with Gasteiger partial charge < -0.3 is 14.8 Å². The molecule has 9 heteroatoms. The highest BCUT2D eigenvalue weighted by Gasteiger charge is 2.19. The number of benzene rings is 2. The molecule has 4 rings (SSSR count). The summed E-state index contributed by atoms with van der Waals surface area (Å²) in [5.41, 5.74) is 2.57. The zero-order chi connectivity index (χ0) is 24.4. The molecule has 0 spiro atoms. The number of rotatable bonds is 7. The highest BCUT2D eigenvalue weighted by atomic mass is 32.1. The summed E-state index contributed by atoms with van der Waals surface area (Å²) < 4.78 is 13.6. The summed E-state index contributed by atoms with van der Waals surface area (Å²) in [6.45, 7) is 3.76. The second-order valence-corrected chi connectivity index (χ2v) is 8.78. The topological polar surface area (TPSA) is 91.6 Å². The summed E-state index contributed by atoms with van der Waals surface area (Å²) in [5.74, 6) is 0.724. The van der Waals surface area contributed by atoms with Crippen molar-refractivity contribution in [1.29, 1.82) is 0 Å². The van der Waals surface area contributed by atoms with Crippen LogP contribution in [0.3, 0.4) is 0 Å². The van der Waals surface area contributed by atoms with E-state index in [0.717, 1.165) is 21.3 Å². The molecule has 1 N–H and O–H groups in total. The van der Waals surface area contributed by atoms with E-state index in [1.165, 1.54) is 23.0 Å². The van der Waals surface area contributed by atoms with E-state index in [4.69, 9.17) is 9.47 Å². The normalized spacial score (nSPS) is 10.9. The van der Waals surface area contributed by atoms with Crippen LogP contribution in [0.1, 0.15) is 16.7 Å². The monoisotopic (exact) mass is 479 g/mol. The number of thiophene rings is 1. The van der Waals surface area contributed by atoms with Crippen LogP contribution in [-0.4, -0.2) is 29.3 Å². The second-order valence-electron chi connectivity index (χ2n) is 7.86. The van der Waals surface area contributed by atoms with Crippen LogP contribution in [0.25, 0.3) is 15.9 Å². The molecule has 4 aromatic rings. The number of fused-ring (bicyclic) bond motifs is 1. The van der Waals surface area contributed by atoms with Crippen LogP contribution in [0.4, 0.5) is 0 Å². The molecular weight excluding hydrogens is 454 g/mol. The summed E-state index contributed by atoms with van der Waals surface area (Å²) in [5, 5.41) is 4.58. The molecule has 0 aliphatic carbocycles. The van der Waals surface area contributed by atoms with Crippen molar-refractivity contribution in [2.45, 2.75) is 26.9 Å². The van der Waals surface area contributed by atoms with Gasteiger partial charge in [0.15, 0.2) is 11.5 Å². The Kier molecular flexibility index (Phi) is 6.56. The van der Waals surface area contributed by atoms with Crippen molar-refractivity contribution >= 4 is 27.5 Å². The van der Waals surface area contributed by atoms with Gasteiger partial charge in [-0.2, -0.15) is 0 Å². The van der Waals surface area contributed by atoms with Crippen LogP contribution >= 0.6 is 11.3 Å². The quantitative estimate of drug-likeness (QED) is 0.440. The average molecular weight is 480 g/mol. The maximum atomic E-state index is 13.4. The van der Waals surface area contributed by atoms with E-state index in [2.05, 4.69) is 5.32 Å². The van der Waals surface area contributed by atoms with E-state index in [9.17, 15) is 14.4 Å². The molecule has 2 aromatic carbocycles.